The molecule has 0 saturated carbocycles. The first-order valence-corrected chi connectivity index (χ1v) is 17.6. The molecule has 1 saturated heterocycles. The third kappa shape index (κ3) is 7.59. The minimum absolute atomic E-state index is 0.00325. The molecule has 282 valence electrons. The van der Waals surface area contributed by atoms with Gasteiger partial charge in [-0.1, -0.05) is 31.4 Å². The molecule has 14 nitrogen and oxygen atoms in total. The van der Waals surface area contributed by atoms with Crippen LogP contribution < -0.4 is 15.8 Å². The van der Waals surface area contributed by atoms with Crippen LogP contribution in [-0.2, 0) is 28.7 Å². The van der Waals surface area contributed by atoms with Crippen LogP contribution in [-0.4, -0.2) is 149 Å². The molecule has 16 radical (unpaired) electrons. The summed E-state index contributed by atoms with van der Waals surface area (Å²) in [5.41, 5.74) is -2.76. The molecule has 1 aromatic carbocycles. The molecule has 2 amide bonds. The summed E-state index contributed by atoms with van der Waals surface area (Å²) >= 11 is 6.11. The number of hydrogen-bond acceptors (Lipinski definition) is 10. The van der Waals surface area contributed by atoms with Gasteiger partial charge in [-0.25, -0.2) is 9.97 Å². The van der Waals surface area contributed by atoms with Gasteiger partial charge in [-0.15, -0.1) is 5.10 Å². The molecule has 5 heterocycles. The normalized spacial score (nSPS) is 18.5. The molecular weight excluding hydrogens is 769 g/mol. The Hall–Kier alpha value is -4.51. The van der Waals surface area contributed by atoms with Crippen molar-refractivity contribution in [3.63, 3.8) is 0 Å². The number of fused-ring (bicyclic) bond motifs is 1. The smallest absolute Gasteiger partial charge is 0.416 e. The summed E-state index contributed by atoms with van der Waals surface area (Å²) in [5, 5.41) is 8.87. The molecule has 2 aliphatic heterocycles. The summed E-state index contributed by atoms with van der Waals surface area (Å²) in [6.07, 6.45) is -1.76. The van der Waals surface area contributed by atoms with Crippen molar-refractivity contribution in [3.05, 3.63) is 74.4 Å². The SMILES string of the molecule is [B]C.[B]C1N(C(=O)c2ncnc(C)c2O)C([B])([B])C([B])([B])N(c2c(CC)n(CC(=O)Nc3ccc(C(F)(F)F)cc3Cl)c3nc(C4=CCOCC4)nn3c2=O)C1([B])[B]. The Bertz CT molecular complexity index is 2360. The zero-order chi connectivity index (χ0) is 43.3. The van der Waals surface area contributed by atoms with Gasteiger partial charge in [0.25, 0.3) is 11.5 Å². The number of anilines is 2. The largest absolute Gasteiger partial charge is 0.504 e. The number of aromatic nitrogens is 6. The molecule has 4 aromatic rings. The number of nitrogens with zero attached hydrogens (tertiary/aromatic N) is 8. The Labute approximate surface area is 346 Å². The quantitative estimate of drug-likeness (QED) is 0.244. The number of carbonyl (C=O) groups is 2. The standard InChI is InChI=1S/C31H24B7ClF3N9O5.CH3B/c1-3-18-21(51-28(33,34)26(32)49(30(35,36)31(51,37)38)24(54)20-22(53)13(2)43-12-44-20)25(55)50-27(46-23(47-50)14-6-8-56-9-7-14)48(18)11-19(52)45-17-5-4-15(10-16(17)39)29(40,41)42;1-2/h4-6,10,12,26,53H,3,7-9,11H2,1-2H3,(H,45,52);1H3. The zero-order valence-electron chi connectivity index (χ0n) is 31.3. The van der Waals surface area contributed by atoms with Gasteiger partial charge in [-0.3, -0.25) is 14.4 Å². The number of piperazine rings is 1. The predicted octanol–water partition coefficient (Wildman–Crippen LogP) is 0.00442. The van der Waals surface area contributed by atoms with Gasteiger partial charge in [0.1, 0.15) is 26.4 Å². The molecule has 1 atom stereocenters. The lowest BCUT2D eigenvalue weighted by Crippen LogP contribution is -2.89. The van der Waals surface area contributed by atoms with Crippen LogP contribution in [0, 0.1) is 6.92 Å². The van der Waals surface area contributed by atoms with E-state index in [1.807, 2.05) is 0 Å². The maximum Gasteiger partial charge on any atom is 0.416 e. The molecule has 58 heavy (non-hydrogen) atoms. The molecule has 6 rings (SSSR count). The Morgan fingerprint density at radius 1 is 1.10 bits per heavy atom. The van der Waals surface area contributed by atoms with Gasteiger partial charge in [0, 0.05) is 0 Å². The van der Waals surface area contributed by atoms with E-state index in [2.05, 4.69) is 33.2 Å². The Morgan fingerprint density at radius 2 is 1.78 bits per heavy atom. The molecule has 0 aliphatic carbocycles. The van der Waals surface area contributed by atoms with Crippen molar-refractivity contribution >= 4 is 109 Å². The maximum absolute atomic E-state index is 14.7. The number of rotatable bonds is 7. The van der Waals surface area contributed by atoms with Gasteiger partial charge < -0.3 is 29.5 Å². The summed E-state index contributed by atoms with van der Waals surface area (Å²) in [6.45, 7) is 4.34. The van der Waals surface area contributed by atoms with Crippen LogP contribution in [0.4, 0.5) is 24.5 Å². The Morgan fingerprint density at radius 3 is 2.36 bits per heavy atom. The number of halogens is 4. The summed E-state index contributed by atoms with van der Waals surface area (Å²) < 4.78 is 47.3. The molecule has 1 fully saturated rings. The average Bonchev–Trinajstić information content (AvgIpc) is 3.61. The first-order valence-electron chi connectivity index (χ1n) is 17.2. The number of hydrogen-bond donors (Lipinski definition) is 2. The number of nitrogens with one attached hydrogen (secondary N) is 1. The minimum Gasteiger partial charge on any atom is -0.504 e. The second-order valence-electron chi connectivity index (χ2n) is 13.1. The molecule has 3 aromatic heterocycles. The highest BCUT2D eigenvalue weighted by Crippen LogP contribution is 2.43. The van der Waals surface area contributed by atoms with E-state index in [0.29, 0.717) is 29.6 Å². The highest BCUT2D eigenvalue weighted by Gasteiger charge is 2.58. The highest BCUT2D eigenvalue weighted by molar-refractivity contribution is 6.59. The molecule has 2 aliphatic rings. The molecular formula is C32H27B8ClF3N9O5. The van der Waals surface area contributed by atoms with Gasteiger partial charge in [0.15, 0.2) is 17.3 Å². The fraction of sp³-hybridized carbons (Fsp3) is 0.406. The van der Waals surface area contributed by atoms with Gasteiger partial charge in [-0.2, -0.15) is 22.7 Å². The fourth-order valence-corrected chi connectivity index (χ4v) is 6.73. The average molecular weight is 797 g/mol. The molecule has 2 N–H and O–H groups in total. The summed E-state index contributed by atoms with van der Waals surface area (Å²) in [7, 11) is 50.8. The summed E-state index contributed by atoms with van der Waals surface area (Å²) in [6, 6.07) is 2.36. The van der Waals surface area contributed by atoms with Crippen LogP contribution in [0.5, 0.6) is 5.75 Å². The summed E-state index contributed by atoms with van der Waals surface area (Å²) in [5.74, 6) is -4.75. The van der Waals surface area contributed by atoms with Crippen LogP contribution in [0.1, 0.15) is 46.6 Å². The number of carbonyl (C=O) groups excluding carboxylic acids is 2. The Kier molecular flexibility index (Phi) is 12.5. The van der Waals surface area contributed by atoms with Crippen LogP contribution >= 0.6 is 11.6 Å². The maximum atomic E-state index is 14.7. The highest BCUT2D eigenvalue weighted by atomic mass is 35.5. The zero-order valence-corrected chi connectivity index (χ0v) is 32.0. The van der Waals surface area contributed by atoms with Crippen molar-refractivity contribution in [2.45, 2.75) is 68.2 Å². The lowest BCUT2D eigenvalue weighted by atomic mass is 9.31. The van der Waals surface area contributed by atoms with Crippen molar-refractivity contribution in [3.8, 4) is 5.75 Å². The van der Waals surface area contributed by atoms with Gasteiger partial charge in [0.05, 0.1) is 95.8 Å². The number of benzene rings is 1. The van der Waals surface area contributed by atoms with Crippen LogP contribution in [0.3, 0.4) is 0 Å². The lowest BCUT2D eigenvalue weighted by molar-refractivity contribution is -0.137. The number of alkyl halides is 3. The van der Waals surface area contributed by atoms with Gasteiger partial charge >= 0.3 is 6.18 Å². The lowest BCUT2D eigenvalue weighted by Gasteiger charge is -2.71. The minimum atomic E-state index is -4.70. The topological polar surface area (TPSA) is 160 Å². The fourth-order valence-electron chi connectivity index (χ4n) is 6.50. The molecule has 0 bridgehead atoms. The number of amides is 2. The number of ether oxygens (including phenoxy) is 1. The third-order valence-corrected chi connectivity index (χ3v) is 9.80. The van der Waals surface area contributed by atoms with Crippen molar-refractivity contribution in [2.75, 3.05) is 23.4 Å². The van der Waals surface area contributed by atoms with Crippen LogP contribution in [0.2, 0.25) is 11.8 Å². The van der Waals surface area contributed by atoms with E-state index in [4.69, 9.17) is 71.3 Å². The summed E-state index contributed by atoms with van der Waals surface area (Å²) in [4.78, 5) is 55.7. The second kappa shape index (κ2) is 16.3. The van der Waals surface area contributed by atoms with E-state index in [1.165, 1.54) is 18.3 Å². The number of aryl methyl sites for hydroxylation is 1. The van der Waals surface area contributed by atoms with Gasteiger partial charge in [-0.05, 0) is 65.5 Å². The van der Waals surface area contributed by atoms with E-state index in [0.717, 1.165) is 27.9 Å². The second-order valence-corrected chi connectivity index (χ2v) is 13.5. The Balaban J connectivity index is 0.00000315. The van der Waals surface area contributed by atoms with Crippen molar-refractivity contribution in [2.24, 2.45) is 0 Å². The first-order chi connectivity index (χ1) is 27.0. The first kappa shape index (κ1) is 44.6. The van der Waals surface area contributed by atoms with E-state index in [1.54, 1.807) is 13.0 Å². The third-order valence-electron chi connectivity index (χ3n) is 9.48. The van der Waals surface area contributed by atoms with Crippen molar-refractivity contribution in [1.29, 1.82) is 0 Å². The van der Waals surface area contributed by atoms with Crippen LogP contribution in [0.25, 0.3) is 11.4 Å². The number of aromatic hydroxyl groups is 1. The van der Waals surface area contributed by atoms with Crippen molar-refractivity contribution < 1.29 is 32.6 Å². The molecule has 0 spiro atoms. The van der Waals surface area contributed by atoms with E-state index < -0.39 is 79.8 Å². The molecule has 1 unspecified atom stereocenters. The van der Waals surface area contributed by atoms with Crippen LogP contribution in [0.15, 0.2) is 35.4 Å². The predicted molar refractivity (Wildman–Crippen MR) is 216 cm³/mol. The van der Waals surface area contributed by atoms with Crippen molar-refractivity contribution in [1.82, 2.24) is 34.0 Å². The molecule has 26 heteroatoms. The monoisotopic (exact) mass is 797 g/mol. The van der Waals surface area contributed by atoms with Gasteiger partial charge in [0.2, 0.25) is 11.7 Å². The van der Waals surface area contributed by atoms with E-state index in [-0.39, 0.29) is 41.7 Å². The van der Waals surface area contributed by atoms with E-state index >= 15 is 0 Å². The van der Waals surface area contributed by atoms with E-state index in [9.17, 15) is 32.7 Å².